The van der Waals surface area contributed by atoms with E-state index < -0.39 is 40.4 Å². The Labute approximate surface area is 188 Å². The third-order valence-electron chi connectivity index (χ3n) is 4.93. The lowest BCUT2D eigenvalue weighted by atomic mass is 9.95. The zero-order valence-electron chi connectivity index (χ0n) is 17.6. The van der Waals surface area contributed by atoms with Crippen molar-refractivity contribution in [3.63, 3.8) is 0 Å². The van der Waals surface area contributed by atoms with Crippen molar-refractivity contribution in [2.24, 2.45) is 4.99 Å². The molecule has 32 heavy (non-hydrogen) atoms. The van der Waals surface area contributed by atoms with Gasteiger partial charge < -0.3 is 14.8 Å². The molecule has 1 aliphatic heterocycles. The third kappa shape index (κ3) is 4.83. The Morgan fingerprint density at radius 3 is 2.50 bits per heavy atom. The molecule has 0 bridgehead atoms. The number of benzene rings is 2. The van der Waals surface area contributed by atoms with Gasteiger partial charge >= 0.3 is 5.97 Å². The first-order valence-corrected chi connectivity index (χ1v) is 10.6. The number of nitrogens with zero attached hydrogens (tertiary/aromatic N) is 1. The first-order valence-electron chi connectivity index (χ1n) is 9.75. The second-order valence-electron chi connectivity index (χ2n) is 6.85. The number of rotatable bonds is 7. The van der Waals surface area contributed by atoms with E-state index >= 15 is 0 Å². The molecule has 1 N–H and O–H groups in total. The molecular formula is C23H22F2N2O4S. The molecule has 9 heteroatoms. The number of amides is 1. The summed E-state index contributed by atoms with van der Waals surface area (Å²) in [6.07, 6.45) is 3.08. The summed E-state index contributed by atoms with van der Waals surface area (Å²) in [7, 11) is 2.80. The molecule has 0 aliphatic carbocycles. The number of allylic oxidation sites excluding steroid dienone is 1. The van der Waals surface area contributed by atoms with Crippen LogP contribution in [0.3, 0.4) is 0 Å². The van der Waals surface area contributed by atoms with Crippen LogP contribution < -0.4 is 10.1 Å². The van der Waals surface area contributed by atoms with E-state index in [2.05, 4.69) is 16.9 Å². The minimum Gasteiger partial charge on any atom is -0.496 e. The van der Waals surface area contributed by atoms with Gasteiger partial charge in [0.2, 0.25) is 0 Å². The number of methoxy groups -OCH3 is 2. The van der Waals surface area contributed by atoms with Crippen LogP contribution in [0.4, 0.5) is 8.78 Å². The highest BCUT2D eigenvalue weighted by atomic mass is 32.2. The smallest absolute Gasteiger partial charge is 0.332 e. The Kier molecular flexibility index (Phi) is 7.63. The molecule has 0 radical (unpaired) electrons. The maximum atomic E-state index is 14.0. The number of ether oxygens (including phenoxy) is 2. The molecule has 1 amide bonds. The number of carbonyl (C=O) groups excluding carboxylic acids is 2. The Morgan fingerprint density at radius 1 is 1.19 bits per heavy atom. The van der Waals surface area contributed by atoms with Gasteiger partial charge in [-0.15, -0.1) is 6.58 Å². The number of carbonyl (C=O) groups is 2. The highest BCUT2D eigenvalue weighted by Gasteiger charge is 2.39. The fourth-order valence-corrected chi connectivity index (χ4v) is 4.65. The lowest BCUT2D eigenvalue weighted by molar-refractivity contribution is -0.142. The van der Waals surface area contributed by atoms with Crippen molar-refractivity contribution in [3.8, 4) is 5.75 Å². The predicted octanol–water partition coefficient (Wildman–Crippen LogP) is 4.21. The fraction of sp³-hybridized carbons (Fsp3) is 0.261. The zero-order valence-corrected chi connectivity index (χ0v) is 18.4. The molecule has 6 nitrogen and oxygen atoms in total. The first-order chi connectivity index (χ1) is 15.4. The SMILES string of the molecule is C=CCCc1c(OC)cccc1C1SC(NC(=O)c2c(F)cccc2F)=NC1C(=O)OC. The van der Waals surface area contributed by atoms with E-state index in [9.17, 15) is 18.4 Å². The first kappa shape index (κ1) is 23.5. The van der Waals surface area contributed by atoms with Crippen molar-refractivity contribution in [1.82, 2.24) is 5.32 Å². The summed E-state index contributed by atoms with van der Waals surface area (Å²) in [5.74, 6) is -2.92. The molecule has 168 valence electrons. The molecule has 0 saturated heterocycles. The summed E-state index contributed by atoms with van der Waals surface area (Å²) in [4.78, 5) is 29.3. The number of aliphatic imine (C=N–C) groups is 1. The minimum atomic E-state index is -0.994. The Balaban J connectivity index is 1.94. The third-order valence-corrected chi connectivity index (χ3v) is 6.13. The molecule has 2 unspecified atom stereocenters. The highest BCUT2D eigenvalue weighted by Crippen LogP contribution is 2.43. The van der Waals surface area contributed by atoms with Crippen LogP contribution in [0, 0.1) is 11.6 Å². The largest absolute Gasteiger partial charge is 0.496 e. The molecule has 1 aliphatic rings. The number of thioether (sulfide) groups is 1. The van der Waals surface area contributed by atoms with Crippen molar-refractivity contribution in [2.75, 3.05) is 14.2 Å². The number of nitrogens with one attached hydrogen (secondary N) is 1. The average Bonchev–Trinajstić information content (AvgIpc) is 3.20. The predicted molar refractivity (Wildman–Crippen MR) is 119 cm³/mol. The minimum absolute atomic E-state index is 0.0653. The molecule has 0 aromatic heterocycles. The molecule has 2 aromatic carbocycles. The standard InChI is InChI=1S/C23H22F2N2O4S/c1-4-5-8-13-14(9-6-12-17(13)30-2)20-19(22(29)31-3)26-23(32-20)27-21(28)18-15(24)10-7-11-16(18)25/h4,6-7,9-12,19-20H,1,5,8H2,2-3H3,(H,26,27,28). The van der Waals surface area contributed by atoms with E-state index in [-0.39, 0.29) is 5.17 Å². The van der Waals surface area contributed by atoms with Gasteiger partial charge in [-0.1, -0.05) is 36.0 Å². The lowest BCUT2D eigenvalue weighted by Gasteiger charge is -2.20. The van der Waals surface area contributed by atoms with Crippen LogP contribution in [0.2, 0.25) is 0 Å². The average molecular weight is 461 g/mol. The molecule has 2 aromatic rings. The quantitative estimate of drug-likeness (QED) is 0.495. The van der Waals surface area contributed by atoms with Crippen LogP contribution in [-0.2, 0) is 16.0 Å². The van der Waals surface area contributed by atoms with Crippen molar-refractivity contribution < 1.29 is 27.8 Å². The van der Waals surface area contributed by atoms with Gasteiger partial charge in [0.15, 0.2) is 11.2 Å². The number of esters is 1. The molecule has 0 saturated carbocycles. The summed E-state index contributed by atoms with van der Waals surface area (Å²) in [6, 6.07) is 7.66. The summed E-state index contributed by atoms with van der Waals surface area (Å²) in [5.41, 5.74) is 0.947. The molecule has 0 spiro atoms. The van der Waals surface area contributed by atoms with E-state index in [0.29, 0.717) is 18.6 Å². The molecule has 3 rings (SSSR count). The maximum absolute atomic E-state index is 14.0. The lowest BCUT2D eigenvalue weighted by Crippen LogP contribution is -2.29. The van der Waals surface area contributed by atoms with Gasteiger partial charge in [-0.3, -0.25) is 4.79 Å². The van der Waals surface area contributed by atoms with Crippen LogP contribution in [0.1, 0.15) is 33.2 Å². The summed E-state index contributed by atoms with van der Waals surface area (Å²) >= 11 is 1.11. The zero-order chi connectivity index (χ0) is 23.3. The Hall–Kier alpha value is -3.20. The second-order valence-corrected chi connectivity index (χ2v) is 7.98. The van der Waals surface area contributed by atoms with Crippen LogP contribution in [0.25, 0.3) is 0 Å². The van der Waals surface area contributed by atoms with Crippen molar-refractivity contribution in [1.29, 1.82) is 0 Å². The van der Waals surface area contributed by atoms with Gasteiger partial charge in [0, 0.05) is 0 Å². The van der Waals surface area contributed by atoms with Crippen molar-refractivity contribution in [3.05, 3.63) is 77.4 Å². The van der Waals surface area contributed by atoms with Gasteiger partial charge in [0.1, 0.15) is 22.9 Å². The van der Waals surface area contributed by atoms with Crippen LogP contribution in [0.15, 0.2) is 54.0 Å². The van der Waals surface area contributed by atoms with E-state index in [1.807, 2.05) is 12.1 Å². The Morgan fingerprint density at radius 2 is 1.88 bits per heavy atom. The Bertz CT molecular complexity index is 1050. The summed E-state index contributed by atoms with van der Waals surface area (Å²) in [6.45, 7) is 3.75. The highest BCUT2D eigenvalue weighted by molar-refractivity contribution is 8.14. The summed E-state index contributed by atoms with van der Waals surface area (Å²) < 4.78 is 38.4. The van der Waals surface area contributed by atoms with Crippen LogP contribution >= 0.6 is 11.8 Å². The number of hydrogen-bond donors (Lipinski definition) is 1. The van der Waals surface area contributed by atoms with Crippen LogP contribution in [0.5, 0.6) is 5.75 Å². The van der Waals surface area contributed by atoms with E-state index in [4.69, 9.17) is 9.47 Å². The number of hydrogen-bond acceptors (Lipinski definition) is 6. The normalized spacial score (nSPS) is 17.4. The van der Waals surface area contributed by atoms with Gasteiger partial charge in [-0.2, -0.15) is 0 Å². The number of halogens is 2. The topological polar surface area (TPSA) is 77.0 Å². The molecule has 1 heterocycles. The van der Waals surface area contributed by atoms with E-state index in [1.165, 1.54) is 13.2 Å². The maximum Gasteiger partial charge on any atom is 0.332 e. The summed E-state index contributed by atoms with van der Waals surface area (Å²) in [5, 5.41) is 1.95. The molecule has 0 fully saturated rings. The molecule has 2 atom stereocenters. The second kappa shape index (κ2) is 10.4. The van der Waals surface area contributed by atoms with Gasteiger partial charge in [-0.05, 0) is 42.2 Å². The van der Waals surface area contributed by atoms with Crippen molar-refractivity contribution >= 4 is 28.8 Å². The van der Waals surface area contributed by atoms with E-state index in [0.717, 1.165) is 35.0 Å². The monoisotopic (exact) mass is 460 g/mol. The van der Waals surface area contributed by atoms with Crippen molar-refractivity contribution in [2.45, 2.75) is 24.1 Å². The fourth-order valence-electron chi connectivity index (χ4n) is 3.43. The van der Waals surface area contributed by atoms with Crippen LogP contribution in [-0.4, -0.2) is 37.3 Å². The van der Waals surface area contributed by atoms with E-state index in [1.54, 1.807) is 19.3 Å². The van der Waals surface area contributed by atoms with Gasteiger partial charge in [-0.25, -0.2) is 18.6 Å². The number of amidine groups is 1. The van der Waals surface area contributed by atoms with Gasteiger partial charge in [0.05, 0.1) is 19.5 Å². The molecular weight excluding hydrogens is 438 g/mol. The van der Waals surface area contributed by atoms with Gasteiger partial charge in [0.25, 0.3) is 5.91 Å².